The van der Waals surface area contributed by atoms with Gasteiger partial charge in [-0.25, -0.2) is 0 Å². The van der Waals surface area contributed by atoms with Crippen LogP contribution in [0.2, 0.25) is 0 Å². The Hall–Kier alpha value is -1.06. The molecule has 0 atom stereocenters. The van der Waals surface area contributed by atoms with E-state index in [9.17, 15) is 0 Å². The smallest absolute Gasteiger partial charge is 0.0606 e. The first kappa shape index (κ1) is 13.0. The van der Waals surface area contributed by atoms with Gasteiger partial charge in [-0.1, -0.05) is 17.7 Å². The van der Waals surface area contributed by atoms with Gasteiger partial charge in [-0.3, -0.25) is 0 Å². The SMILES string of the molecule is Cc1ccc(N(CCO)C(C)C)c(CN)c1. The van der Waals surface area contributed by atoms with Crippen molar-refractivity contribution in [3.63, 3.8) is 0 Å². The zero-order chi connectivity index (χ0) is 12.1. The highest BCUT2D eigenvalue weighted by molar-refractivity contribution is 5.55. The van der Waals surface area contributed by atoms with Crippen LogP contribution in [0.4, 0.5) is 5.69 Å². The molecule has 90 valence electrons. The zero-order valence-corrected chi connectivity index (χ0v) is 10.4. The largest absolute Gasteiger partial charge is 0.395 e. The number of benzene rings is 1. The number of aliphatic hydroxyl groups excluding tert-OH is 1. The lowest BCUT2D eigenvalue weighted by Gasteiger charge is -2.30. The predicted molar refractivity (Wildman–Crippen MR) is 68.6 cm³/mol. The van der Waals surface area contributed by atoms with Gasteiger partial charge in [-0.2, -0.15) is 0 Å². The highest BCUT2D eigenvalue weighted by atomic mass is 16.3. The molecule has 0 aromatic heterocycles. The average molecular weight is 222 g/mol. The second kappa shape index (κ2) is 5.87. The van der Waals surface area contributed by atoms with Crippen molar-refractivity contribution in [2.45, 2.75) is 33.4 Å². The van der Waals surface area contributed by atoms with Gasteiger partial charge in [-0.15, -0.1) is 0 Å². The molecule has 0 radical (unpaired) electrons. The van der Waals surface area contributed by atoms with Gasteiger partial charge in [0, 0.05) is 24.8 Å². The molecule has 0 fully saturated rings. The molecule has 0 spiro atoms. The fourth-order valence-electron chi connectivity index (χ4n) is 1.92. The highest BCUT2D eigenvalue weighted by Gasteiger charge is 2.13. The molecule has 3 N–H and O–H groups in total. The van der Waals surface area contributed by atoms with Gasteiger partial charge < -0.3 is 15.7 Å². The standard InChI is InChI=1S/C13H22N2O/c1-10(2)15(6-7-16)13-5-4-11(3)8-12(13)9-14/h4-5,8,10,16H,6-7,9,14H2,1-3H3. The van der Waals surface area contributed by atoms with Crippen molar-refractivity contribution < 1.29 is 5.11 Å². The van der Waals surface area contributed by atoms with E-state index in [0.717, 1.165) is 11.3 Å². The molecule has 0 aliphatic heterocycles. The van der Waals surface area contributed by atoms with Gasteiger partial charge in [0.05, 0.1) is 6.61 Å². The summed E-state index contributed by atoms with van der Waals surface area (Å²) in [7, 11) is 0. The van der Waals surface area contributed by atoms with E-state index < -0.39 is 0 Å². The van der Waals surface area contributed by atoms with Gasteiger partial charge in [0.25, 0.3) is 0 Å². The Morgan fingerprint density at radius 2 is 2.06 bits per heavy atom. The average Bonchev–Trinajstić information content (AvgIpc) is 2.26. The van der Waals surface area contributed by atoms with Crippen LogP contribution in [0.25, 0.3) is 0 Å². The molecule has 1 aromatic rings. The summed E-state index contributed by atoms with van der Waals surface area (Å²) in [6.07, 6.45) is 0. The fraction of sp³-hybridized carbons (Fsp3) is 0.538. The summed E-state index contributed by atoms with van der Waals surface area (Å²) in [5.74, 6) is 0. The topological polar surface area (TPSA) is 49.5 Å². The lowest BCUT2D eigenvalue weighted by Crippen LogP contribution is -2.34. The van der Waals surface area contributed by atoms with E-state index in [0.29, 0.717) is 19.1 Å². The Labute approximate surface area is 97.9 Å². The Morgan fingerprint density at radius 1 is 1.38 bits per heavy atom. The third-order valence-corrected chi connectivity index (χ3v) is 2.73. The molecule has 1 aromatic carbocycles. The first-order chi connectivity index (χ1) is 7.60. The summed E-state index contributed by atoms with van der Waals surface area (Å²) in [5.41, 5.74) is 9.26. The summed E-state index contributed by atoms with van der Waals surface area (Å²) in [6.45, 7) is 7.65. The maximum atomic E-state index is 9.09. The van der Waals surface area contributed by atoms with E-state index in [2.05, 4.69) is 43.9 Å². The second-order valence-corrected chi connectivity index (χ2v) is 4.35. The summed E-state index contributed by atoms with van der Waals surface area (Å²) in [5, 5.41) is 9.09. The Balaban J connectivity index is 3.07. The minimum Gasteiger partial charge on any atom is -0.395 e. The van der Waals surface area contributed by atoms with Crippen molar-refractivity contribution in [2.75, 3.05) is 18.1 Å². The number of hydrogen-bond donors (Lipinski definition) is 2. The maximum absolute atomic E-state index is 9.09. The Morgan fingerprint density at radius 3 is 2.56 bits per heavy atom. The molecule has 0 unspecified atom stereocenters. The van der Waals surface area contributed by atoms with E-state index in [4.69, 9.17) is 10.8 Å². The van der Waals surface area contributed by atoms with Crippen molar-refractivity contribution >= 4 is 5.69 Å². The van der Waals surface area contributed by atoms with Gasteiger partial charge >= 0.3 is 0 Å². The first-order valence-corrected chi connectivity index (χ1v) is 5.77. The number of hydrogen-bond acceptors (Lipinski definition) is 3. The molecule has 3 heteroatoms. The number of aryl methyl sites for hydroxylation is 1. The quantitative estimate of drug-likeness (QED) is 0.796. The first-order valence-electron chi connectivity index (χ1n) is 5.77. The number of rotatable bonds is 5. The zero-order valence-electron chi connectivity index (χ0n) is 10.4. The van der Waals surface area contributed by atoms with E-state index in [-0.39, 0.29) is 6.61 Å². The molecule has 0 bridgehead atoms. The number of anilines is 1. The highest BCUT2D eigenvalue weighted by Crippen LogP contribution is 2.23. The summed E-state index contributed by atoms with van der Waals surface area (Å²) >= 11 is 0. The molecule has 0 saturated heterocycles. The van der Waals surface area contributed by atoms with Crippen LogP contribution >= 0.6 is 0 Å². The van der Waals surface area contributed by atoms with Crippen LogP contribution < -0.4 is 10.6 Å². The van der Waals surface area contributed by atoms with Crippen LogP contribution in [0, 0.1) is 6.92 Å². The van der Waals surface area contributed by atoms with Crippen molar-refractivity contribution in [3.8, 4) is 0 Å². The third kappa shape index (κ3) is 2.97. The van der Waals surface area contributed by atoms with Crippen LogP contribution in [0.5, 0.6) is 0 Å². The predicted octanol–water partition coefficient (Wildman–Crippen LogP) is 1.66. The van der Waals surface area contributed by atoms with Gasteiger partial charge in [-0.05, 0) is 32.4 Å². The molecule has 0 saturated carbocycles. The molecule has 1 rings (SSSR count). The van der Waals surface area contributed by atoms with Crippen LogP contribution in [0.3, 0.4) is 0 Å². The second-order valence-electron chi connectivity index (χ2n) is 4.35. The molecule has 0 aliphatic rings. The van der Waals surface area contributed by atoms with E-state index >= 15 is 0 Å². The van der Waals surface area contributed by atoms with Crippen LogP contribution in [-0.2, 0) is 6.54 Å². The van der Waals surface area contributed by atoms with Crippen molar-refractivity contribution in [2.24, 2.45) is 5.73 Å². The van der Waals surface area contributed by atoms with Crippen LogP contribution in [0.15, 0.2) is 18.2 Å². The van der Waals surface area contributed by atoms with Crippen LogP contribution in [-0.4, -0.2) is 24.3 Å². The van der Waals surface area contributed by atoms with E-state index in [1.165, 1.54) is 5.56 Å². The third-order valence-electron chi connectivity index (χ3n) is 2.73. The van der Waals surface area contributed by atoms with Crippen molar-refractivity contribution in [1.29, 1.82) is 0 Å². The minimum absolute atomic E-state index is 0.163. The monoisotopic (exact) mass is 222 g/mol. The minimum atomic E-state index is 0.163. The summed E-state index contributed by atoms with van der Waals surface area (Å²) < 4.78 is 0. The lowest BCUT2D eigenvalue weighted by atomic mass is 10.1. The van der Waals surface area contributed by atoms with Crippen LogP contribution in [0.1, 0.15) is 25.0 Å². The molecule has 16 heavy (non-hydrogen) atoms. The van der Waals surface area contributed by atoms with Crippen molar-refractivity contribution in [1.82, 2.24) is 0 Å². The molecule has 0 aliphatic carbocycles. The Kier molecular flexibility index (Phi) is 4.77. The molecule has 0 heterocycles. The fourth-order valence-corrected chi connectivity index (χ4v) is 1.92. The number of nitrogens with zero attached hydrogens (tertiary/aromatic N) is 1. The van der Waals surface area contributed by atoms with E-state index in [1.54, 1.807) is 0 Å². The lowest BCUT2D eigenvalue weighted by molar-refractivity contribution is 0.299. The summed E-state index contributed by atoms with van der Waals surface area (Å²) in [6, 6.07) is 6.65. The van der Waals surface area contributed by atoms with Crippen molar-refractivity contribution in [3.05, 3.63) is 29.3 Å². The molecule has 0 amide bonds. The van der Waals surface area contributed by atoms with Gasteiger partial charge in [0.15, 0.2) is 0 Å². The summed E-state index contributed by atoms with van der Waals surface area (Å²) in [4.78, 5) is 2.18. The van der Waals surface area contributed by atoms with E-state index in [1.807, 2.05) is 0 Å². The number of aliphatic hydroxyl groups is 1. The Bertz CT molecular complexity index is 337. The molecular weight excluding hydrogens is 200 g/mol. The molecular formula is C13H22N2O. The number of nitrogens with two attached hydrogens (primary N) is 1. The van der Waals surface area contributed by atoms with Gasteiger partial charge in [0.1, 0.15) is 0 Å². The normalized spacial score (nSPS) is 10.9. The molecule has 3 nitrogen and oxygen atoms in total. The maximum Gasteiger partial charge on any atom is 0.0606 e. The van der Waals surface area contributed by atoms with Gasteiger partial charge in [0.2, 0.25) is 0 Å².